The summed E-state index contributed by atoms with van der Waals surface area (Å²) in [7, 11) is 0. The topological polar surface area (TPSA) is 35.5 Å². The van der Waals surface area contributed by atoms with Crippen LogP contribution in [0, 0.1) is 0 Å². The highest BCUT2D eigenvalue weighted by molar-refractivity contribution is 5.62. The van der Waals surface area contributed by atoms with Gasteiger partial charge in [-0.2, -0.15) is 4.39 Å². The molecule has 1 heterocycles. The van der Waals surface area contributed by atoms with E-state index in [-0.39, 0.29) is 0 Å². The molecule has 1 unspecified atom stereocenters. The van der Waals surface area contributed by atoms with Crippen molar-refractivity contribution in [3.8, 4) is 0 Å². The van der Waals surface area contributed by atoms with Crippen LogP contribution in [0.15, 0.2) is 0 Å². The van der Waals surface area contributed by atoms with E-state index in [2.05, 4.69) is 9.47 Å². The van der Waals surface area contributed by atoms with Crippen LogP contribution < -0.4 is 0 Å². The monoisotopic (exact) mass is 134 g/mol. The molecule has 0 radical (unpaired) electrons. The molecule has 4 heteroatoms. The van der Waals surface area contributed by atoms with E-state index in [1.165, 1.54) is 13.8 Å². The summed E-state index contributed by atoms with van der Waals surface area (Å²) >= 11 is 0. The Balaban J connectivity index is 2.69. The molecule has 9 heavy (non-hydrogen) atoms. The number of carbonyl (C=O) groups is 1. The Morgan fingerprint density at radius 1 is 1.67 bits per heavy atom. The first-order chi connectivity index (χ1) is 4.02. The Labute approximate surface area is 51.7 Å². The van der Waals surface area contributed by atoms with E-state index >= 15 is 0 Å². The van der Waals surface area contributed by atoms with Crippen LogP contribution in [0.5, 0.6) is 0 Å². The number of alkyl halides is 1. The van der Waals surface area contributed by atoms with E-state index in [1.807, 2.05) is 0 Å². The number of rotatable bonds is 0. The lowest BCUT2D eigenvalue weighted by atomic mass is 10.1. The van der Waals surface area contributed by atoms with Crippen molar-refractivity contribution in [2.45, 2.75) is 25.8 Å². The third kappa shape index (κ3) is 0.966. The molecule has 3 nitrogen and oxygen atoms in total. The highest BCUT2D eigenvalue weighted by Gasteiger charge is 2.44. The molecule has 52 valence electrons. The molecule has 0 aromatic rings. The van der Waals surface area contributed by atoms with Gasteiger partial charge in [0.2, 0.25) is 0 Å². The third-order valence-corrected chi connectivity index (χ3v) is 1.09. The highest BCUT2D eigenvalue weighted by Crippen LogP contribution is 2.26. The summed E-state index contributed by atoms with van der Waals surface area (Å²) in [4.78, 5) is 10.2. The zero-order valence-corrected chi connectivity index (χ0v) is 5.18. The summed E-state index contributed by atoms with van der Waals surface area (Å²) in [5.74, 6) is 0. The van der Waals surface area contributed by atoms with Crippen LogP contribution in [0.3, 0.4) is 0 Å². The van der Waals surface area contributed by atoms with E-state index < -0.39 is 18.1 Å². The average Bonchev–Trinajstić information content (AvgIpc) is 1.79. The predicted molar refractivity (Wildman–Crippen MR) is 26.5 cm³/mol. The van der Waals surface area contributed by atoms with Crippen LogP contribution in [0.25, 0.3) is 0 Å². The van der Waals surface area contributed by atoms with E-state index in [0.717, 1.165) is 0 Å². The van der Waals surface area contributed by atoms with Crippen molar-refractivity contribution < 1.29 is 18.7 Å². The lowest BCUT2D eigenvalue weighted by molar-refractivity contribution is -0.0172. The molecule has 0 aromatic heterocycles. The minimum absolute atomic E-state index is 0.937. The van der Waals surface area contributed by atoms with E-state index in [1.54, 1.807) is 0 Å². The maximum absolute atomic E-state index is 12.4. The average molecular weight is 134 g/mol. The standard InChI is InChI=1S/C5H7FO3/c1-5(2)3(6)8-4(7)9-5/h3H,1-2H3. The molecule has 1 atom stereocenters. The van der Waals surface area contributed by atoms with Crippen molar-refractivity contribution in [2.24, 2.45) is 0 Å². The van der Waals surface area contributed by atoms with Crippen molar-refractivity contribution in [3.05, 3.63) is 0 Å². The molecule has 1 aliphatic rings. The molecular weight excluding hydrogens is 127 g/mol. The predicted octanol–water partition coefficient (Wildman–Crippen LogP) is 1.23. The van der Waals surface area contributed by atoms with Crippen molar-refractivity contribution >= 4 is 6.16 Å². The number of hydrogen-bond acceptors (Lipinski definition) is 3. The number of halogens is 1. The second-order valence-corrected chi connectivity index (χ2v) is 2.39. The van der Waals surface area contributed by atoms with Gasteiger partial charge in [-0.15, -0.1) is 0 Å². The fourth-order valence-corrected chi connectivity index (χ4v) is 0.512. The van der Waals surface area contributed by atoms with Gasteiger partial charge < -0.3 is 9.47 Å². The quantitative estimate of drug-likeness (QED) is 0.467. The Hall–Kier alpha value is -0.800. The molecular formula is C5H7FO3. The number of carbonyl (C=O) groups excluding carboxylic acids is 1. The second kappa shape index (κ2) is 1.59. The first kappa shape index (κ1) is 6.32. The van der Waals surface area contributed by atoms with Crippen molar-refractivity contribution in [1.29, 1.82) is 0 Å². The van der Waals surface area contributed by atoms with Gasteiger partial charge >= 0.3 is 6.16 Å². The molecule has 0 aromatic carbocycles. The Kier molecular flexibility index (Phi) is 1.12. The van der Waals surface area contributed by atoms with Crippen molar-refractivity contribution in [2.75, 3.05) is 0 Å². The fraction of sp³-hybridized carbons (Fsp3) is 0.800. The van der Waals surface area contributed by atoms with Gasteiger partial charge in [0.05, 0.1) is 0 Å². The van der Waals surface area contributed by atoms with Crippen LogP contribution in [0.4, 0.5) is 9.18 Å². The largest absolute Gasteiger partial charge is 0.511 e. The van der Waals surface area contributed by atoms with Crippen LogP contribution in [0.2, 0.25) is 0 Å². The van der Waals surface area contributed by atoms with Gasteiger partial charge in [-0.05, 0) is 13.8 Å². The fourth-order valence-electron chi connectivity index (χ4n) is 0.512. The summed E-state index contributed by atoms with van der Waals surface area (Å²) in [6.45, 7) is 2.89. The first-order valence-electron chi connectivity index (χ1n) is 2.56. The summed E-state index contributed by atoms with van der Waals surface area (Å²) in [6.07, 6.45) is -2.57. The lowest BCUT2D eigenvalue weighted by Crippen LogP contribution is -2.28. The molecule has 0 saturated carbocycles. The van der Waals surface area contributed by atoms with E-state index in [0.29, 0.717) is 0 Å². The molecule has 1 saturated heterocycles. The van der Waals surface area contributed by atoms with Crippen LogP contribution in [-0.2, 0) is 9.47 Å². The maximum Gasteiger partial charge on any atom is 0.511 e. The Morgan fingerprint density at radius 2 is 2.22 bits per heavy atom. The van der Waals surface area contributed by atoms with Crippen LogP contribution in [-0.4, -0.2) is 18.1 Å². The smallest absolute Gasteiger partial charge is 0.421 e. The Bertz CT molecular complexity index is 143. The SMILES string of the molecule is CC1(C)OC(=O)OC1F. The lowest BCUT2D eigenvalue weighted by Gasteiger charge is -2.13. The second-order valence-electron chi connectivity index (χ2n) is 2.39. The molecule has 1 rings (SSSR count). The highest BCUT2D eigenvalue weighted by atomic mass is 19.1. The Morgan fingerprint density at radius 3 is 2.33 bits per heavy atom. The molecule has 0 aliphatic carbocycles. The number of cyclic esters (lactones) is 2. The van der Waals surface area contributed by atoms with Crippen molar-refractivity contribution in [3.63, 3.8) is 0 Å². The summed E-state index contributed by atoms with van der Waals surface area (Å²) in [6, 6.07) is 0. The molecule has 1 aliphatic heterocycles. The van der Waals surface area contributed by atoms with Gasteiger partial charge in [-0.3, -0.25) is 0 Å². The van der Waals surface area contributed by atoms with Gasteiger partial charge in [0.25, 0.3) is 6.36 Å². The zero-order chi connectivity index (χ0) is 7.07. The summed E-state index contributed by atoms with van der Waals surface area (Å²) in [5, 5.41) is 0. The van der Waals surface area contributed by atoms with Crippen LogP contribution >= 0.6 is 0 Å². The first-order valence-corrected chi connectivity index (χ1v) is 2.56. The minimum atomic E-state index is -1.63. The molecule has 0 spiro atoms. The number of ether oxygens (including phenoxy) is 2. The third-order valence-electron chi connectivity index (χ3n) is 1.09. The van der Waals surface area contributed by atoms with E-state index in [4.69, 9.17) is 0 Å². The molecule has 0 amide bonds. The van der Waals surface area contributed by atoms with Crippen molar-refractivity contribution in [1.82, 2.24) is 0 Å². The summed E-state index contributed by atoms with van der Waals surface area (Å²) in [5.41, 5.74) is -1.11. The zero-order valence-electron chi connectivity index (χ0n) is 5.18. The van der Waals surface area contributed by atoms with Gasteiger partial charge in [0.1, 0.15) is 0 Å². The molecule has 0 bridgehead atoms. The maximum atomic E-state index is 12.4. The van der Waals surface area contributed by atoms with Gasteiger partial charge in [0.15, 0.2) is 5.60 Å². The number of hydrogen-bond donors (Lipinski definition) is 0. The summed E-state index contributed by atoms with van der Waals surface area (Å²) < 4.78 is 20.9. The van der Waals surface area contributed by atoms with Gasteiger partial charge in [0, 0.05) is 0 Å². The van der Waals surface area contributed by atoms with Gasteiger partial charge in [-0.25, -0.2) is 4.79 Å². The van der Waals surface area contributed by atoms with Crippen LogP contribution in [0.1, 0.15) is 13.8 Å². The molecule has 1 fully saturated rings. The minimum Gasteiger partial charge on any atom is -0.421 e. The van der Waals surface area contributed by atoms with E-state index in [9.17, 15) is 9.18 Å². The van der Waals surface area contributed by atoms with Gasteiger partial charge in [-0.1, -0.05) is 0 Å². The normalized spacial score (nSPS) is 31.4. The molecule has 0 N–H and O–H groups in total.